The minimum absolute atomic E-state index is 0.122. The molecule has 0 unspecified atom stereocenters. The molecule has 0 N–H and O–H groups in total. The van der Waals surface area contributed by atoms with Crippen LogP contribution in [0, 0.1) is 5.92 Å². The highest BCUT2D eigenvalue weighted by atomic mass is 16.2. The molecule has 2 aliphatic rings. The lowest BCUT2D eigenvalue weighted by Crippen LogP contribution is -2.38. The second-order valence-electron chi connectivity index (χ2n) is 6.94. The van der Waals surface area contributed by atoms with Crippen LogP contribution in [-0.4, -0.2) is 38.2 Å². The smallest absolute Gasteiger partial charge is 0.256 e. The molecule has 4 rings (SSSR count). The molecular weight excluding hydrogens is 288 g/mol. The van der Waals surface area contributed by atoms with Gasteiger partial charge in [0.2, 0.25) is 0 Å². The Morgan fingerprint density at radius 3 is 2.83 bits per heavy atom. The van der Waals surface area contributed by atoms with Gasteiger partial charge >= 0.3 is 0 Å². The first kappa shape index (κ1) is 14.4. The number of hydrogen-bond acceptors (Lipinski definition) is 3. The van der Waals surface area contributed by atoms with Crippen molar-refractivity contribution in [2.75, 3.05) is 6.54 Å². The van der Waals surface area contributed by atoms with E-state index in [2.05, 4.69) is 28.8 Å². The highest BCUT2D eigenvalue weighted by Gasteiger charge is 2.41. The molecule has 1 saturated heterocycles. The van der Waals surface area contributed by atoms with E-state index in [0.717, 1.165) is 24.4 Å². The molecule has 1 aliphatic carbocycles. The van der Waals surface area contributed by atoms with E-state index < -0.39 is 0 Å². The number of carbonyl (C=O) groups excluding carboxylic acids is 1. The molecule has 2 fully saturated rings. The Morgan fingerprint density at radius 2 is 2.13 bits per heavy atom. The minimum Gasteiger partial charge on any atom is -0.335 e. The summed E-state index contributed by atoms with van der Waals surface area (Å²) in [5.41, 5.74) is 2.35. The fourth-order valence-corrected chi connectivity index (χ4v) is 4.02. The van der Waals surface area contributed by atoms with Crippen molar-refractivity contribution in [2.45, 2.75) is 45.2 Å². The van der Waals surface area contributed by atoms with Gasteiger partial charge < -0.3 is 4.90 Å². The molecule has 2 aromatic rings. The number of hydrogen-bond donors (Lipinski definition) is 0. The zero-order valence-electron chi connectivity index (χ0n) is 13.6. The van der Waals surface area contributed by atoms with Crippen molar-refractivity contribution in [2.24, 2.45) is 5.92 Å². The summed E-state index contributed by atoms with van der Waals surface area (Å²) in [6, 6.07) is 6.34. The van der Waals surface area contributed by atoms with Crippen LogP contribution in [-0.2, 0) is 0 Å². The van der Waals surface area contributed by atoms with E-state index in [0.29, 0.717) is 17.5 Å². The average molecular weight is 310 g/mol. The summed E-state index contributed by atoms with van der Waals surface area (Å²) in [7, 11) is 0. The number of rotatable bonds is 3. The third-order valence-electron chi connectivity index (χ3n) is 5.11. The van der Waals surface area contributed by atoms with Gasteiger partial charge in [-0.15, -0.1) is 0 Å². The molecule has 1 amide bonds. The quantitative estimate of drug-likeness (QED) is 0.875. The maximum atomic E-state index is 13.1. The fourth-order valence-electron chi connectivity index (χ4n) is 4.02. The molecule has 5 nitrogen and oxygen atoms in total. The van der Waals surface area contributed by atoms with Crippen molar-refractivity contribution in [3.8, 4) is 11.4 Å². The normalized spacial score (nSPS) is 23.0. The highest BCUT2D eigenvalue weighted by Crippen LogP contribution is 2.38. The third kappa shape index (κ3) is 2.35. The van der Waals surface area contributed by atoms with Crippen molar-refractivity contribution < 1.29 is 4.79 Å². The summed E-state index contributed by atoms with van der Waals surface area (Å²) in [5.74, 6) is 0.821. The lowest BCUT2D eigenvalue weighted by atomic mass is 10.1. The van der Waals surface area contributed by atoms with Crippen LogP contribution in [0.4, 0.5) is 0 Å². The van der Waals surface area contributed by atoms with Crippen LogP contribution >= 0.6 is 0 Å². The van der Waals surface area contributed by atoms with Crippen molar-refractivity contribution in [3.63, 3.8) is 0 Å². The van der Waals surface area contributed by atoms with E-state index in [4.69, 9.17) is 0 Å². The fraction of sp³-hybridized carbons (Fsp3) is 0.500. The summed E-state index contributed by atoms with van der Waals surface area (Å²) >= 11 is 0. The molecule has 0 aromatic carbocycles. The molecule has 0 radical (unpaired) electrons. The van der Waals surface area contributed by atoms with Crippen molar-refractivity contribution in [1.29, 1.82) is 0 Å². The van der Waals surface area contributed by atoms with Gasteiger partial charge in [-0.25, -0.2) is 0 Å². The van der Waals surface area contributed by atoms with Gasteiger partial charge in [0.25, 0.3) is 5.91 Å². The molecule has 5 heteroatoms. The van der Waals surface area contributed by atoms with E-state index in [1.54, 1.807) is 12.4 Å². The molecule has 1 saturated carbocycles. The van der Waals surface area contributed by atoms with Crippen molar-refractivity contribution >= 4 is 5.91 Å². The van der Waals surface area contributed by atoms with Gasteiger partial charge in [0.1, 0.15) is 5.69 Å². The zero-order valence-corrected chi connectivity index (χ0v) is 13.6. The Labute approximate surface area is 136 Å². The number of carbonyl (C=O) groups is 1. The Morgan fingerprint density at radius 1 is 1.26 bits per heavy atom. The second-order valence-corrected chi connectivity index (χ2v) is 6.94. The Hall–Kier alpha value is -2.17. The molecular formula is C18H22N4O. The van der Waals surface area contributed by atoms with Crippen LogP contribution in [0.25, 0.3) is 11.4 Å². The van der Waals surface area contributed by atoms with Crippen LogP contribution in [0.15, 0.2) is 30.6 Å². The van der Waals surface area contributed by atoms with E-state index in [1.807, 2.05) is 22.9 Å². The minimum atomic E-state index is 0.122. The standard InChI is InChI=1S/C18H22N4O/c1-12(2)22-16(7-9-20-22)17-15(4-3-8-19-17)18(23)21-11-13-5-6-14(21)10-13/h3-4,7-9,12-14H,5-6,10-11H2,1-2H3/t13-,14+/m1/s1. The maximum absolute atomic E-state index is 13.1. The Kier molecular flexibility index (Phi) is 3.43. The van der Waals surface area contributed by atoms with E-state index in [-0.39, 0.29) is 11.9 Å². The maximum Gasteiger partial charge on any atom is 0.256 e. The van der Waals surface area contributed by atoms with Gasteiger partial charge in [0.15, 0.2) is 0 Å². The van der Waals surface area contributed by atoms with Crippen LogP contribution in [0.2, 0.25) is 0 Å². The van der Waals surface area contributed by atoms with Crippen LogP contribution in [0.1, 0.15) is 49.5 Å². The number of fused-ring (bicyclic) bond motifs is 2. The summed E-state index contributed by atoms with van der Waals surface area (Å²) < 4.78 is 1.93. The predicted octanol–water partition coefficient (Wildman–Crippen LogP) is 3.15. The first-order chi connectivity index (χ1) is 11.1. The van der Waals surface area contributed by atoms with Gasteiger partial charge in [0.05, 0.1) is 11.3 Å². The largest absolute Gasteiger partial charge is 0.335 e. The summed E-state index contributed by atoms with van der Waals surface area (Å²) in [6.45, 7) is 5.07. The molecule has 0 spiro atoms. The number of amides is 1. The number of nitrogens with zero attached hydrogens (tertiary/aromatic N) is 4. The summed E-state index contributed by atoms with van der Waals surface area (Å²) in [4.78, 5) is 19.7. The van der Waals surface area contributed by atoms with Crippen LogP contribution < -0.4 is 0 Å². The second kappa shape index (κ2) is 5.48. The molecule has 23 heavy (non-hydrogen) atoms. The number of likely N-dealkylation sites (tertiary alicyclic amines) is 1. The van der Waals surface area contributed by atoms with Gasteiger partial charge in [-0.2, -0.15) is 5.10 Å². The van der Waals surface area contributed by atoms with Crippen LogP contribution in [0.3, 0.4) is 0 Å². The average Bonchev–Trinajstić information content (AvgIpc) is 3.29. The lowest BCUT2D eigenvalue weighted by molar-refractivity contribution is 0.0704. The first-order valence-corrected chi connectivity index (χ1v) is 8.45. The lowest BCUT2D eigenvalue weighted by Gasteiger charge is -2.27. The molecule has 2 aromatic heterocycles. The SMILES string of the molecule is CC(C)n1nccc1-c1ncccc1C(=O)N1C[C@@H]2CC[C@H]1C2. The van der Waals surface area contributed by atoms with E-state index in [9.17, 15) is 4.79 Å². The first-order valence-electron chi connectivity index (χ1n) is 8.45. The van der Waals surface area contributed by atoms with Gasteiger partial charge in [0, 0.05) is 31.0 Å². The number of piperidine rings is 1. The molecule has 1 aliphatic heterocycles. The Bertz CT molecular complexity index is 736. The van der Waals surface area contributed by atoms with Gasteiger partial charge in [-0.1, -0.05) is 0 Å². The van der Waals surface area contributed by atoms with Gasteiger partial charge in [-0.3, -0.25) is 14.5 Å². The summed E-state index contributed by atoms with van der Waals surface area (Å²) in [6.07, 6.45) is 7.12. The molecule has 120 valence electrons. The monoisotopic (exact) mass is 310 g/mol. The Balaban J connectivity index is 1.73. The molecule has 2 atom stereocenters. The van der Waals surface area contributed by atoms with Crippen molar-refractivity contribution in [1.82, 2.24) is 19.7 Å². The van der Waals surface area contributed by atoms with E-state index in [1.165, 1.54) is 12.8 Å². The predicted molar refractivity (Wildman–Crippen MR) is 88.0 cm³/mol. The summed E-state index contributed by atoms with van der Waals surface area (Å²) in [5, 5.41) is 4.38. The molecule has 3 heterocycles. The topological polar surface area (TPSA) is 51.0 Å². The van der Waals surface area contributed by atoms with E-state index >= 15 is 0 Å². The zero-order chi connectivity index (χ0) is 16.0. The van der Waals surface area contributed by atoms with Crippen LogP contribution in [0.5, 0.6) is 0 Å². The number of pyridine rings is 1. The third-order valence-corrected chi connectivity index (χ3v) is 5.11. The highest BCUT2D eigenvalue weighted by molar-refractivity contribution is 6.00. The molecule has 2 bridgehead atoms. The van der Waals surface area contributed by atoms with Gasteiger partial charge in [-0.05, 0) is 57.2 Å². The number of aromatic nitrogens is 3. The van der Waals surface area contributed by atoms with Crippen molar-refractivity contribution in [3.05, 3.63) is 36.2 Å².